The van der Waals surface area contributed by atoms with Crippen molar-refractivity contribution in [3.8, 4) is 5.75 Å². The summed E-state index contributed by atoms with van der Waals surface area (Å²) in [6.07, 6.45) is 3.58. The maximum Gasteiger partial charge on any atom is 0.153 e. The van der Waals surface area contributed by atoms with E-state index in [4.69, 9.17) is 4.74 Å². The molecule has 0 aliphatic carbocycles. The second kappa shape index (κ2) is 8.20. The molecule has 3 aromatic carbocycles. The van der Waals surface area contributed by atoms with Crippen LogP contribution in [0.5, 0.6) is 5.75 Å². The summed E-state index contributed by atoms with van der Waals surface area (Å²) in [5.41, 5.74) is 2.64. The number of hydrogen-bond donors (Lipinski definition) is 0. The molecular weight excluding hydrogens is 318 g/mol. The maximum absolute atomic E-state index is 6.42. The van der Waals surface area contributed by atoms with Gasteiger partial charge in [-0.3, -0.25) is 4.90 Å². The van der Waals surface area contributed by atoms with Crippen LogP contribution in [-0.4, -0.2) is 17.7 Å². The molecule has 2 nitrogen and oxygen atoms in total. The molecule has 0 aromatic heterocycles. The zero-order valence-electron chi connectivity index (χ0n) is 15.0. The van der Waals surface area contributed by atoms with Gasteiger partial charge in [-0.05, 0) is 42.5 Å². The van der Waals surface area contributed by atoms with E-state index in [2.05, 4.69) is 65.6 Å². The highest BCUT2D eigenvalue weighted by Gasteiger charge is 2.32. The first kappa shape index (κ1) is 16.9. The van der Waals surface area contributed by atoms with Crippen LogP contribution in [0.15, 0.2) is 91.0 Å². The minimum atomic E-state index is 0.0940. The smallest absolute Gasteiger partial charge is 0.153 e. The Morgan fingerprint density at radius 2 is 1.23 bits per heavy atom. The summed E-state index contributed by atoms with van der Waals surface area (Å²) in [6.45, 7) is 1.05. The number of piperidine rings is 1. The first-order valence-corrected chi connectivity index (χ1v) is 9.49. The van der Waals surface area contributed by atoms with E-state index in [-0.39, 0.29) is 12.3 Å². The number of benzene rings is 3. The lowest BCUT2D eigenvalue weighted by Crippen LogP contribution is -2.45. The molecule has 3 aromatic rings. The van der Waals surface area contributed by atoms with Crippen molar-refractivity contribution >= 4 is 0 Å². The van der Waals surface area contributed by atoms with E-state index in [0.717, 1.165) is 18.7 Å². The lowest BCUT2D eigenvalue weighted by Gasteiger charge is -2.41. The van der Waals surface area contributed by atoms with Gasteiger partial charge in [0, 0.05) is 6.54 Å². The van der Waals surface area contributed by atoms with Crippen molar-refractivity contribution in [3.05, 3.63) is 102 Å². The fraction of sp³-hybridized carbons (Fsp3) is 0.250. The van der Waals surface area contributed by atoms with Crippen molar-refractivity contribution < 1.29 is 4.74 Å². The van der Waals surface area contributed by atoms with Gasteiger partial charge >= 0.3 is 0 Å². The predicted octanol–water partition coefficient (Wildman–Crippen LogP) is 5.67. The Morgan fingerprint density at radius 3 is 1.81 bits per heavy atom. The van der Waals surface area contributed by atoms with Crippen molar-refractivity contribution in [3.63, 3.8) is 0 Å². The summed E-state index contributed by atoms with van der Waals surface area (Å²) < 4.78 is 6.42. The summed E-state index contributed by atoms with van der Waals surface area (Å²) in [5.74, 6) is 0.948. The highest BCUT2D eigenvalue weighted by molar-refractivity contribution is 5.32. The van der Waals surface area contributed by atoms with Gasteiger partial charge in [-0.15, -0.1) is 0 Å². The van der Waals surface area contributed by atoms with E-state index < -0.39 is 0 Å². The molecule has 1 fully saturated rings. The number of ether oxygens (including phenoxy) is 1. The minimum absolute atomic E-state index is 0.0940. The van der Waals surface area contributed by atoms with Crippen molar-refractivity contribution in [2.24, 2.45) is 0 Å². The summed E-state index contributed by atoms with van der Waals surface area (Å²) in [5, 5.41) is 0. The Morgan fingerprint density at radius 1 is 0.692 bits per heavy atom. The van der Waals surface area contributed by atoms with Crippen molar-refractivity contribution in [2.75, 3.05) is 6.54 Å². The topological polar surface area (TPSA) is 12.5 Å². The molecule has 0 N–H and O–H groups in total. The van der Waals surface area contributed by atoms with Gasteiger partial charge in [0.25, 0.3) is 0 Å². The van der Waals surface area contributed by atoms with Gasteiger partial charge in [0.1, 0.15) is 5.75 Å². The van der Waals surface area contributed by atoms with Crippen LogP contribution in [-0.2, 0) is 0 Å². The molecule has 0 saturated carbocycles. The highest BCUT2D eigenvalue weighted by Crippen LogP contribution is 2.34. The van der Waals surface area contributed by atoms with Gasteiger partial charge in [-0.2, -0.15) is 0 Å². The molecule has 0 spiro atoms. The van der Waals surface area contributed by atoms with Crippen LogP contribution in [0.25, 0.3) is 0 Å². The molecule has 0 bridgehead atoms. The van der Waals surface area contributed by atoms with Gasteiger partial charge in [-0.25, -0.2) is 0 Å². The lowest BCUT2D eigenvalue weighted by molar-refractivity contribution is -0.0235. The predicted molar refractivity (Wildman–Crippen MR) is 106 cm³/mol. The van der Waals surface area contributed by atoms with Gasteiger partial charge < -0.3 is 4.74 Å². The van der Waals surface area contributed by atoms with E-state index in [9.17, 15) is 0 Å². The maximum atomic E-state index is 6.42. The molecule has 1 heterocycles. The highest BCUT2D eigenvalue weighted by atomic mass is 16.5. The van der Waals surface area contributed by atoms with Crippen LogP contribution < -0.4 is 4.74 Å². The third-order valence-electron chi connectivity index (χ3n) is 5.06. The number of para-hydroxylation sites is 1. The van der Waals surface area contributed by atoms with Crippen molar-refractivity contribution in [2.45, 2.75) is 31.5 Å². The molecule has 0 radical (unpaired) electrons. The zero-order valence-corrected chi connectivity index (χ0v) is 15.0. The fourth-order valence-corrected chi connectivity index (χ4v) is 3.85. The second-order valence-corrected chi connectivity index (χ2v) is 6.84. The van der Waals surface area contributed by atoms with Gasteiger partial charge in [0.15, 0.2) is 6.23 Å². The van der Waals surface area contributed by atoms with Crippen molar-refractivity contribution in [1.29, 1.82) is 0 Å². The average molecular weight is 343 g/mol. The quantitative estimate of drug-likeness (QED) is 0.592. The van der Waals surface area contributed by atoms with Crippen LogP contribution in [0.1, 0.15) is 36.4 Å². The molecule has 1 aliphatic heterocycles. The summed E-state index contributed by atoms with van der Waals surface area (Å²) in [6, 6.07) is 32.0. The molecule has 1 atom stereocenters. The summed E-state index contributed by atoms with van der Waals surface area (Å²) in [4.78, 5) is 2.53. The molecular formula is C24H25NO. The molecule has 26 heavy (non-hydrogen) atoms. The zero-order chi connectivity index (χ0) is 17.6. The number of hydrogen-bond acceptors (Lipinski definition) is 2. The molecule has 0 amide bonds. The molecule has 4 rings (SSSR count). The molecule has 1 aliphatic rings. The molecule has 1 saturated heterocycles. The fourth-order valence-electron chi connectivity index (χ4n) is 3.85. The van der Waals surface area contributed by atoms with Gasteiger partial charge in [-0.1, -0.05) is 78.9 Å². The van der Waals surface area contributed by atoms with E-state index >= 15 is 0 Å². The largest absolute Gasteiger partial charge is 0.475 e. The monoisotopic (exact) mass is 343 g/mol. The third kappa shape index (κ3) is 3.81. The Balaban J connectivity index is 1.68. The van der Waals surface area contributed by atoms with Crippen LogP contribution in [0, 0.1) is 0 Å². The first-order valence-electron chi connectivity index (χ1n) is 9.49. The third-order valence-corrected chi connectivity index (χ3v) is 5.06. The van der Waals surface area contributed by atoms with Gasteiger partial charge in [0.2, 0.25) is 0 Å². The van der Waals surface area contributed by atoms with Crippen LogP contribution in [0.3, 0.4) is 0 Å². The molecule has 2 heteroatoms. The van der Waals surface area contributed by atoms with Crippen LogP contribution in [0.2, 0.25) is 0 Å². The summed E-state index contributed by atoms with van der Waals surface area (Å²) in [7, 11) is 0. The van der Waals surface area contributed by atoms with Gasteiger partial charge in [0.05, 0.1) is 6.04 Å². The molecule has 1 unspecified atom stereocenters. The van der Waals surface area contributed by atoms with E-state index in [1.165, 1.54) is 24.0 Å². The Bertz CT molecular complexity index is 749. The SMILES string of the molecule is c1ccc(OC2CCCCN2C(c2ccccc2)c2ccccc2)cc1. The Hall–Kier alpha value is -2.58. The molecule has 132 valence electrons. The van der Waals surface area contributed by atoms with Crippen LogP contribution >= 0.6 is 0 Å². The van der Waals surface area contributed by atoms with E-state index in [0.29, 0.717) is 0 Å². The van der Waals surface area contributed by atoms with E-state index in [1.807, 2.05) is 30.3 Å². The Labute approximate surface area is 156 Å². The number of rotatable bonds is 5. The van der Waals surface area contributed by atoms with E-state index in [1.54, 1.807) is 0 Å². The summed E-state index contributed by atoms with van der Waals surface area (Å²) >= 11 is 0. The average Bonchev–Trinajstić information content (AvgIpc) is 2.72. The van der Waals surface area contributed by atoms with Crippen LogP contribution in [0.4, 0.5) is 0 Å². The second-order valence-electron chi connectivity index (χ2n) is 6.84. The Kier molecular flexibility index (Phi) is 5.32. The standard InChI is InChI=1S/C24H25NO/c1-4-12-20(13-5-1)24(21-14-6-2-7-15-21)25-19-11-10-18-23(25)26-22-16-8-3-9-17-22/h1-9,12-17,23-24H,10-11,18-19H2. The minimum Gasteiger partial charge on any atom is -0.475 e. The van der Waals surface area contributed by atoms with Crippen molar-refractivity contribution in [1.82, 2.24) is 4.90 Å². The lowest BCUT2D eigenvalue weighted by atomic mass is 9.94. The first-order chi connectivity index (χ1) is 12.9. The number of nitrogens with zero attached hydrogens (tertiary/aromatic N) is 1. The number of likely N-dealkylation sites (tertiary alicyclic amines) is 1. The normalized spacial score (nSPS) is 18.0.